The molecule has 8 rings (SSSR count). The zero-order chi connectivity index (χ0) is 37.4. The Morgan fingerprint density at radius 2 is 1.22 bits per heavy atom. The molecule has 0 fully saturated rings. The highest BCUT2D eigenvalue weighted by molar-refractivity contribution is 6.34. The van der Waals surface area contributed by atoms with E-state index in [4.69, 9.17) is 47.3 Å². The molecule has 2 aliphatic heterocycles. The van der Waals surface area contributed by atoms with Gasteiger partial charge < -0.3 is 18.9 Å². The number of esters is 2. The molecule has 6 aromatic carbocycles. The number of carbonyl (C=O) groups is 3. The molecular weight excluding hydrogens is 727 g/mol. The Bertz CT molecular complexity index is 2500. The number of fused-ring (bicyclic) bond motifs is 6. The number of rotatable bonds is 8. The fourth-order valence-electron chi connectivity index (χ4n) is 6.70. The van der Waals surface area contributed by atoms with E-state index >= 15 is 0 Å². The summed E-state index contributed by atoms with van der Waals surface area (Å²) in [6.07, 6.45) is 1.56. The van der Waals surface area contributed by atoms with E-state index in [-0.39, 0.29) is 32.8 Å². The Hall–Kier alpha value is -6.42. The summed E-state index contributed by atoms with van der Waals surface area (Å²) < 4.78 is 23.6. The third-order valence-electron chi connectivity index (χ3n) is 9.09. The van der Waals surface area contributed by atoms with Gasteiger partial charge in [0, 0.05) is 34.4 Å². The molecule has 9 nitrogen and oxygen atoms in total. The molecule has 0 saturated carbocycles. The standard InChI is InChI=1S/C43H28Cl2N2O7/c1-2-51-28-19-21-34-38(23-28)54-39-24-29(53-42(50)32-11-5-8-14-37(32)45)20-22-35(39)43(34)33-12-6-3-9-30(33)40(48)47(43)46-25-26-15-17-27(18-16-26)52-41(49)31-10-4-7-13-36(31)44/h3-25H,2H2,1H3/b46-25+. The molecule has 0 aliphatic carbocycles. The van der Waals surface area contributed by atoms with Crippen LogP contribution in [-0.4, -0.2) is 35.7 Å². The monoisotopic (exact) mass is 754 g/mol. The van der Waals surface area contributed by atoms with Crippen LogP contribution < -0.4 is 18.9 Å². The SMILES string of the molecule is CCOc1ccc2c(c1)Oc1cc(OC(=O)c3ccccc3Cl)ccc1C21c2ccccc2C(=O)N1/N=C/c1ccc(OC(=O)c2ccccc2Cl)cc1. The van der Waals surface area contributed by atoms with Crippen LogP contribution in [0.5, 0.6) is 28.7 Å². The molecule has 1 atom stereocenters. The van der Waals surface area contributed by atoms with Gasteiger partial charge in [-0.1, -0.05) is 65.7 Å². The summed E-state index contributed by atoms with van der Waals surface area (Å²) >= 11 is 12.4. The van der Waals surface area contributed by atoms with Crippen molar-refractivity contribution in [3.63, 3.8) is 0 Å². The summed E-state index contributed by atoms with van der Waals surface area (Å²) in [7, 11) is 0. The molecule has 6 aromatic rings. The first-order valence-corrected chi connectivity index (χ1v) is 17.6. The Labute approximate surface area is 319 Å². The van der Waals surface area contributed by atoms with E-state index < -0.39 is 17.5 Å². The molecule has 0 aromatic heterocycles. The average Bonchev–Trinajstić information content (AvgIpc) is 3.42. The number of halogens is 2. The first kappa shape index (κ1) is 34.7. The van der Waals surface area contributed by atoms with E-state index in [9.17, 15) is 14.4 Å². The lowest BCUT2D eigenvalue weighted by Crippen LogP contribution is -2.44. The van der Waals surface area contributed by atoms with Crippen molar-refractivity contribution in [3.05, 3.63) is 182 Å². The number of ether oxygens (including phenoxy) is 4. The van der Waals surface area contributed by atoms with Gasteiger partial charge in [0.1, 0.15) is 34.3 Å². The van der Waals surface area contributed by atoms with Gasteiger partial charge >= 0.3 is 11.9 Å². The largest absolute Gasteiger partial charge is 0.494 e. The smallest absolute Gasteiger partial charge is 0.345 e. The second-order valence-electron chi connectivity index (χ2n) is 12.3. The van der Waals surface area contributed by atoms with Crippen LogP contribution in [0.2, 0.25) is 10.0 Å². The predicted octanol–water partition coefficient (Wildman–Crippen LogP) is 9.72. The van der Waals surface area contributed by atoms with E-state index in [1.54, 1.807) is 115 Å². The van der Waals surface area contributed by atoms with Crippen LogP contribution in [-0.2, 0) is 5.54 Å². The number of hydrogen-bond donors (Lipinski definition) is 0. The maximum Gasteiger partial charge on any atom is 0.345 e. The highest BCUT2D eigenvalue weighted by Crippen LogP contribution is 2.58. The number of hydrazone groups is 1. The van der Waals surface area contributed by atoms with Crippen LogP contribution in [0.4, 0.5) is 0 Å². The summed E-state index contributed by atoms with van der Waals surface area (Å²) in [5.41, 5.74) is 2.18. The van der Waals surface area contributed by atoms with Crippen molar-refractivity contribution >= 4 is 47.3 Å². The van der Waals surface area contributed by atoms with Gasteiger partial charge in [-0.3, -0.25) is 4.79 Å². The molecule has 2 aliphatic rings. The van der Waals surface area contributed by atoms with Crippen molar-refractivity contribution < 1.29 is 33.3 Å². The fraction of sp³-hybridized carbons (Fsp3) is 0.0698. The maximum absolute atomic E-state index is 14.4. The van der Waals surface area contributed by atoms with Gasteiger partial charge in [0.25, 0.3) is 5.91 Å². The van der Waals surface area contributed by atoms with Gasteiger partial charge in [-0.15, -0.1) is 0 Å². The second kappa shape index (κ2) is 14.2. The summed E-state index contributed by atoms with van der Waals surface area (Å²) in [6, 6.07) is 37.8. The molecule has 0 bridgehead atoms. The van der Waals surface area contributed by atoms with Gasteiger partial charge in [0.2, 0.25) is 0 Å². The molecule has 0 N–H and O–H groups in total. The van der Waals surface area contributed by atoms with Crippen molar-refractivity contribution in [2.24, 2.45) is 5.10 Å². The minimum absolute atomic E-state index is 0.209. The lowest BCUT2D eigenvalue weighted by molar-refractivity contribution is 0.0673. The van der Waals surface area contributed by atoms with Crippen molar-refractivity contribution in [2.75, 3.05) is 6.61 Å². The van der Waals surface area contributed by atoms with Crippen molar-refractivity contribution in [1.29, 1.82) is 0 Å². The predicted molar refractivity (Wildman–Crippen MR) is 203 cm³/mol. The Balaban J connectivity index is 1.20. The zero-order valence-electron chi connectivity index (χ0n) is 28.5. The number of amides is 1. The topological polar surface area (TPSA) is 104 Å². The molecule has 0 saturated heterocycles. The average molecular weight is 756 g/mol. The summed E-state index contributed by atoms with van der Waals surface area (Å²) in [6.45, 7) is 2.31. The highest BCUT2D eigenvalue weighted by Gasteiger charge is 2.57. The second-order valence-corrected chi connectivity index (χ2v) is 13.1. The first-order chi connectivity index (χ1) is 26.3. The van der Waals surface area contributed by atoms with E-state index in [0.717, 1.165) is 0 Å². The molecule has 1 amide bonds. The van der Waals surface area contributed by atoms with Gasteiger partial charge in [0.15, 0.2) is 0 Å². The summed E-state index contributed by atoms with van der Waals surface area (Å²) in [5, 5.41) is 6.83. The van der Waals surface area contributed by atoms with E-state index in [1.165, 1.54) is 5.01 Å². The van der Waals surface area contributed by atoms with Crippen LogP contribution in [0.25, 0.3) is 0 Å². The maximum atomic E-state index is 14.4. The Morgan fingerprint density at radius 1 is 0.685 bits per heavy atom. The number of benzene rings is 6. The zero-order valence-corrected chi connectivity index (χ0v) is 30.0. The van der Waals surface area contributed by atoms with Gasteiger partial charge in [-0.05, 0) is 91.3 Å². The number of hydrogen-bond acceptors (Lipinski definition) is 8. The fourth-order valence-corrected chi connectivity index (χ4v) is 7.13. The van der Waals surface area contributed by atoms with Crippen molar-refractivity contribution in [3.8, 4) is 28.7 Å². The van der Waals surface area contributed by atoms with Crippen LogP contribution in [0, 0.1) is 0 Å². The van der Waals surface area contributed by atoms with Crippen LogP contribution in [0.1, 0.15) is 60.3 Å². The van der Waals surface area contributed by atoms with E-state index in [2.05, 4.69) is 0 Å². The van der Waals surface area contributed by atoms with Gasteiger partial charge in [-0.2, -0.15) is 5.10 Å². The molecule has 2 heterocycles. The minimum atomic E-state index is -1.30. The van der Waals surface area contributed by atoms with E-state index in [1.807, 2.05) is 31.2 Å². The first-order valence-electron chi connectivity index (χ1n) is 16.9. The number of nitrogens with zero attached hydrogens (tertiary/aromatic N) is 2. The lowest BCUT2D eigenvalue weighted by atomic mass is 9.75. The number of carbonyl (C=O) groups excluding carboxylic acids is 3. The van der Waals surface area contributed by atoms with Crippen LogP contribution in [0.3, 0.4) is 0 Å². The summed E-state index contributed by atoms with van der Waals surface area (Å²) in [5.74, 6) is 0.293. The highest BCUT2D eigenvalue weighted by atomic mass is 35.5. The normalized spacial score (nSPS) is 15.3. The quantitative estimate of drug-likeness (QED) is 0.0866. The molecular formula is C43H28Cl2N2O7. The van der Waals surface area contributed by atoms with Crippen molar-refractivity contribution in [1.82, 2.24) is 5.01 Å². The molecule has 1 unspecified atom stereocenters. The van der Waals surface area contributed by atoms with Crippen LogP contribution in [0.15, 0.2) is 139 Å². The molecule has 0 radical (unpaired) electrons. The Morgan fingerprint density at radius 3 is 1.85 bits per heavy atom. The van der Waals surface area contributed by atoms with E-state index in [0.29, 0.717) is 57.4 Å². The third-order valence-corrected chi connectivity index (χ3v) is 9.74. The minimum Gasteiger partial charge on any atom is -0.494 e. The molecule has 266 valence electrons. The third kappa shape index (κ3) is 6.03. The lowest BCUT2D eigenvalue weighted by Gasteiger charge is -2.41. The summed E-state index contributed by atoms with van der Waals surface area (Å²) in [4.78, 5) is 40.3. The molecule has 54 heavy (non-hydrogen) atoms. The Kier molecular flexibility index (Phi) is 9.11. The van der Waals surface area contributed by atoms with Gasteiger partial charge in [0.05, 0.1) is 34.0 Å². The van der Waals surface area contributed by atoms with Crippen molar-refractivity contribution in [2.45, 2.75) is 12.5 Å². The van der Waals surface area contributed by atoms with Crippen LogP contribution >= 0.6 is 23.2 Å². The molecule has 1 spiro atoms. The van der Waals surface area contributed by atoms with Gasteiger partial charge in [-0.25, -0.2) is 14.6 Å². The molecule has 11 heteroatoms.